The molecule has 0 radical (unpaired) electrons. The van der Waals surface area contributed by atoms with Crippen molar-refractivity contribution in [2.24, 2.45) is 0 Å². The van der Waals surface area contributed by atoms with Crippen LogP contribution in [0.25, 0.3) is 0 Å². The Morgan fingerprint density at radius 2 is 2.14 bits per heavy atom. The molecule has 1 aliphatic rings. The SMILES string of the molecule is Cc1oc(C2CCCC2)cc1C(=O)O. The fourth-order valence-corrected chi connectivity index (χ4v) is 2.13. The van der Waals surface area contributed by atoms with Gasteiger partial charge in [-0.1, -0.05) is 12.8 Å². The van der Waals surface area contributed by atoms with Gasteiger partial charge in [0.25, 0.3) is 0 Å². The zero-order valence-electron chi connectivity index (χ0n) is 8.25. The highest BCUT2D eigenvalue weighted by atomic mass is 16.4. The topological polar surface area (TPSA) is 50.4 Å². The van der Waals surface area contributed by atoms with Crippen LogP contribution in [-0.4, -0.2) is 11.1 Å². The molecular weight excluding hydrogens is 180 g/mol. The second-order valence-electron chi connectivity index (χ2n) is 3.91. The molecule has 76 valence electrons. The number of hydrogen-bond acceptors (Lipinski definition) is 2. The highest BCUT2D eigenvalue weighted by molar-refractivity contribution is 5.88. The molecular formula is C11H14O3. The third kappa shape index (κ3) is 1.54. The van der Waals surface area contributed by atoms with Crippen molar-refractivity contribution in [3.05, 3.63) is 23.2 Å². The lowest BCUT2D eigenvalue weighted by molar-refractivity contribution is 0.0695. The van der Waals surface area contributed by atoms with E-state index in [1.54, 1.807) is 13.0 Å². The predicted molar refractivity (Wildman–Crippen MR) is 51.6 cm³/mol. The minimum Gasteiger partial charge on any atom is -0.478 e. The summed E-state index contributed by atoms with van der Waals surface area (Å²) >= 11 is 0. The summed E-state index contributed by atoms with van der Waals surface area (Å²) in [6.45, 7) is 1.71. The second kappa shape index (κ2) is 3.48. The van der Waals surface area contributed by atoms with E-state index < -0.39 is 5.97 Å². The summed E-state index contributed by atoms with van der Waals surface area (Å²) in [5, 5.41) is 8.86. The van der Waals surface area contributed by atoms with Gasteiger partial charge < -0.3 is 9.52 Å². The van der Waals surface area contributed by atoms with Crippen molar-refractivity contribution in [2.75, 3.05) is 0 Å². The van der Waals surface area contributed by atoms with E-state index in [1.807, 2.05) is 0 Å². The third-order valence-corrected chi connectivity index (χ3v) is 2.92. The van der Waals surface area contributed by atoms with Crippen molar-refractivity contribution < 1.29 is 14.3 Å². The van der Waals surface area contributed by atoms with E-state index in [0.717, 1.165) is 18.6 Å². The van der Waals surface area contributed by atoms with E-state index in [4.69, 9.17) is 9.52 Å². The van der Waals surface area contributed by atoms with Crippen LogP contribution in [0.1, 0.15) is 53.5 Å². The molecule has 1 saturated carbocycles. The van der Waals surface area contributed by atoms with Crippen molar-refractivity contribution in [3.8, 4) is 0 Å². The number of aryl methyl sites for hydroxylation is 1. The Bertz CT molecular complexity index is 345. The molecule has 1 aromatic rings. The van der Waals surface area contributed by atoms with Crippen LogP contribution in [0.15, 0.2) is 10.5 Å². The molecule has 1 N–H and O–H groups in total. The molecule has 14 heavy (non-hydrogen) atoms. The van der Waals surface area contributed by atoms with Gasteiger partial charge in [0.1, 0.15) is 17.1 Å². The van der Waals surface area contributed by atoms with E-state index in [2.05, 4.69) is 0 Å². The number of carboxylic acids is 1. The van der Waals surface area contributed by atoms with Crippen LogP contribution in [0.3, 0.4) is 0 Å². The van der Waals surface area contributed by atoms with Gasteiger partial charge in [-0.3, -0.25) is 0 Å². The van der Waals surface area contributed by atoms with Gasteiger partial charge in [0.2, 0.25) is 0 Å². The van der Waals surface area contributed by atoms with E-state index >= 15 is 0 Å². The second-order valence-corrected chi connectivity index (χ2v) is 3.91. The Labute approximate surface area is 82.7 Å². The maximum atomic E-state index is 10.8. The lowest BCUT2D eigenvalue weighted by atomic mass is 10.0. The van der Waals surface area contributed by atoms with E-state index in [9.17, 15) is 4.79 Å². The molecule has 0 atom stereocenters. The standard InChI is InChI=1S/C11H14O3/c1-7-9(11(12)13)6-10(14-7)8-4-2-3-5-8/h6,8H,2-5H2,1H3,(H,12,13). The van der Waals surface area contributed by atoms with Gasteiger partial charge in [-0.15, -0.1) is 0 Å². The molecule has 0 saturated heterocycles. The predicted octanol–water partition coefficient (Wildman–Crippen LogP) is 2.94. The van der Waals surface area contributed by atoms with Gasteiger partial charge in [0.15, 0.2) is 0 Å². The summed E-state index contributed by atoms with van der Waals surface area (Å²) < 4.78 is 5.48. The zero-order chi connectivity index (χ0) is 10.1. The van der Waals surface area contributed by atoms with Gasteiger partial charge in [0, 0.05) is 5.92 Å². The Morgan fingerprint density at radius 1 is 1.50 bits per heavy atom. The molecule has 1 fully saturated rings. The summed E-state index contributed by atoms with van der Waals surface area (Å²) in [7, 11) is 0. The average molecular weight is 194 g/mol. The van der Waals surface area contributed by atoms with Crippen molar-refractivity contribution in [1.29, 1.82) is 0 Å². The molecule has 0 amide bonds. The van der Waals surface area contributed by atoms with Crippen LogP contribution in [0.2, 0.25) is 0 Å². The summed E-state index contributed by atoms with van der Waals surface area (Å²) in [5.74, 6) is 0.939. The molecule has 2 rings (SSSR count). The quantitative estimate of drug-likeness (QED) is 0.787. The number of rotatable bonds is 2. The molecule has 1 aliphatic carbocycles. The third-order valence-electron chi connectivity index (χ3n) is 2.92. The Hall–Kier alpha value is -1.25. The average Bonchev–Trinajstić information content (AvgIpc) is 2.70. The molecule has 1 heterocycles. The van der Waals surface area contributed by atoms with Gasteiger partial charge in [0.05, 0.1) is 0 Å². The van der Waals surface area contributed by atoms with Crippen molar-refractivity contribution in [3.63, 3.8) is 0 Å². The maximum absolute atomic E-state index is 10.8. The summed E-state index contributed by atoms with van der Waals surface area (Å²) in [5.41, 5.74) is 0.312. The summed E-state index contributed by atoms with van der Waals surface area (Å²) in [4.78, 5) is 10.8. The minimum atomic E-state index is -0.893. The van der Waals surface area contributed by atoms with Crippen LogP contribution in [0.4, 0.5) is 0 Å². The maximum Gasteiger partial charge on any atom is 0.339 e. The van der Waals surface area contributed by atoms with Gasteiger partial charge in [-0.05, 0) is 25.8 Å². The van der Waals surface area contributed by atoms with E-state index in [0.29, 0.717) is 17.2 Å². The van der Waals surface area contributed by atoms with Crippen LogP contribution < -0.4 is 0 Å². The number of hydrogen-bond donors (Lipinski definition) is 1. The summed E-state index contributed by atoms with van der Waals surface area (Å²) in [6, 6.07) is 1.69. The normalized spacial score (nSPS) is 17.5. The van der Waals surface area contributed by atoms with E-state index in [-0.39, 0.29) is 0 Å². The lowest BCUT2D eigenvalue weighted by Gasteiger charge is -2.02. The van der Waals surface area contributed by atoms with Crippen LogP contribution >= 0.6 is 0 Å². The first-order valence-corrected chi connectivity index (χ1v) is 5.02. The Kier molecular flexibility index (Phi) is 2.32. The fourth-order valence-electron chi connectivity index (χ4n) is 2.13. The van der Waals surface area contributed by atoms with Crippen molar-refractivity contribution in [2.45, 2.75) is 38.5 Å². The Balaban J connectivity index is 2.27. The zero-order valence-corrected chi connectivity index (χ0v) is 8.25. The molecule has 0 aromatic carbocycles. The van der Waals surface area contributed by atoms with Crippen molar-refractivity contribution >= 4 is 5.97 Å². The smallest absolute Gasteiger partial charge is 0.339 e. The van der Waals surface area contributed by atoms with Crippen LogP contribution in [-0.2, 0) is 0 Å². The molecule has 3 nitrogen and oxygen atoms in total. The first kappa shape index (κ1) is 9.31. The molecule has 1 aromatic heterocycles. The highest BCUT2D eigenvalue weighted by Crippen LogP contribution is 2.35. The van der Waals surface area contributed by atoms with Gasteiger partial charge >= 0.3 is 5.97 Å². The molecule has 0 bridgehead atoms. The van der Waals surface area contributed by atoms with Gasteiger partial charge in [-0.2, -0.15) is 0 Å². The molecule has 3 heteroatoms. The first-order chi connectivity index (χ1) is 6.68. The first-order valence-electron chi connectivity index (χ1n) is 5.02. The fraction of sp³-hybridized carbons (Fsp3) is 0.545. The van der Waals surface area contributed by atoms with Gasteiger partial charge in [-0.25, -0.2) is 4.79 Å². The number of aromatic carboxylic acids is 1. The number of furan rings is 1. The number of carboxylic acid groups (broad SMARTS) is 1. The number of carbonyl (C=O) groups is 1. The van der Waals surface area contributed by atoms with Crippen LogP contribution in [0.5, 0.6) is 0 Å². The monoisotopic (exact) mass is 194 g/mol. The lowest BCUT2D eigenvalue weighted by Crippen LogP contribution is -1.95. The largest absolute Gasteiger partial charge is 0.478 e. The molecule has 0 unspecified atom stereocenters. The molecule has 0 aliphatic heterocycles. The highest BCUT2D eigenvalue weighted by Gasteiger charge is 2.23. The van der Waals surface area contributed by atoms with E-state index in [1.165, 1.54) is 12.8 Å². The van der Waals surface area contributed by atoms with Crippen molar-refractivity contribution in [1.82, 2.24) is 0 Å². The molecule has 0 spiro atoms. The summed E-state index contributed by atoms with van der Waals surface area (Å²) in [6.07, 6.45) is 4.72. The van der Waals surface area contributed by atoms with Crippen LogP contribution in [0, 0.1) is 6.92 Å². The minimum absolute atomic E-state index is 0.312. The Morgan fingerprint density at radius 3 is 2.64 bits per heavy atom.